The first-order chi connectivity index (χ1) is 9.85. The first kappa shape index (κ1) is 15.9. The summed E-state index contributed by atoms with van der Waals surface area (Å²) in [6.45, 7) is 4.30. The highest BCUT2D eigenvalue weighted by atomic mass is 32.1. The zero-order valence-electron chi connectivity index (χ0n) is 12.3. The molecule has 2 rings (SSSR count). The molecule has 0 aromatic carbocycles. The number of nitrogens with zero attached hydrogens (tertiary/aromatic N) is 1. The Morgan fingerprint density at radius 2 is 2.00 bits per heavy atom. The molecular formula is C13H21N3O4S. The first-order valence-electron chi connectivity index (χ1n) is 6.77. The van der Waals surface area contributed by atoms with E-state index in [1.165, 1.54) is 18.4 Å². The van der Waals surface area contributed by atoms with Gasteiger partial charge in [-0.05, 0) is 13.8 Å². The third kappa shape index (κ3) is 3.07. The van der Waals surface area contributed by atoms with Crippen molar-refractivity contribution in [3.8, 4) is 5.75 Å². The number of ether oxygens (including phenoxy) is 1. The number of aliphatic hydroxyl groups is 2. The number of amides is 1. The molecule has 5 N–H and O–H groups in total. The number of nitrogens with one attached hydrogen (secondary N) is 1. The number of rotatable bonds is 4. The third-order valence-electron chi connectivity index (χ3n) is 3.22. The maximum absolute atomic E-state index is 11.9. The van der Waals surface area contributed by atoms with Gasteiger partial charge < -0.3 is 30.9 Å². The molecule has 0 radical (unpaired) electrons. The van der Waals surface area contributed by atoms with Crippen molar-refractivity contribution in [3.63, 3.8) is 0 Å². The summed E-state index contributed by atoms with van der Waals surface area (Å²) in [6.07, 6.45) is -1.73. The van der Waals surface area contributed by atoms with Crippen molar-refractivity contribution < 1.29 is 19.7 Å². The van der Waals surface area contributed by atoms with E-state index < -0.39 is 12.2 Å². The monoisotopic (exact) mass is 315 g/mol. The third-order valence-corrected chi connectivity index (χ3v) is 4.46. The minimum Gasteiger partial charge on any atom is -0.486 e. The van der Waals surface area contributed by atoms with Crippen LogP contribution in [0.1, 0.15) is 23.5 Å². The fourth-order valence-corrected chi connectivity index (χ4v) is 3.31. The molecule has 2 unspecified atom stereocenters. The van der Waals surface area contributed by atoms with Crippen molar-refractivity contribution in [2.75, 3.05) is 30.8 Å². The molecule has 0 spiro atoms. The van der Waals surface area contributed by atoms with Crippen LogP contribution in [0.2, 0.25) is 0 Å². The van der Waals surface area contributed by atoms with Gasteiger partial charge in [-0.25, -0.2) is 0 Å². The second-order valence-electron chi connectivity index (χ2n) is 5.26. The van der Waals surface area contributed by atoms with E-state index in [0.29, 0.717) is 21.3 Å². The number of hydrogen-bond donors (Lipinski definition) is 4. The quantitative estimate of drug-likeness (QED) is 0.624. The van der Waals surface area contributed by atoms with Crippen molar-refractivity contribution >= 4 is 27.9 Å². The number of anilines is 2. The first-order valence-corrected chi connectivity index (χ1v) is 7.58. The summed E-state index contributed by atoms with van der Waals surface area (Å²) in [5, 5.41) is 22.6. The van der Waals surface area contributed by atoms with E-state index in [2.05, 4.69) is 5.32 Å². The standard InChI is InChI=1S/C13H21N3O4S/c1-6(2)20-10-9(14)11(12(19)15-3)21-13(10)16-4-7(17)8(18)5-16/h6-8,17-18H,4-5,14H2,1-3H3,(H,15,19). The molecule has 1 aliphatic rings. The average Bonchev–Trinajstić information content (AvgIpc) is 2.91. The SMILES string of the molecule is CNC(=O)c1sc(N2CC(O)C(O)C2)c(OC(C)C)c1N. The van der Waals surface area contributed by atoms with E-state index >= 15 is 0 Å². The summed E-state index contributed by atoms with van der Waals surface area (Å²) in [5.41, 5.74) is 6.33. The summed E-state index contributed by atoms with van der Waals surface area (Å²) in [7, 11) is 1.54. The van der Waals surface area contributed by atoms with Crippen LogP contribution in [0.4, 0.5) is 10.7 Å². The summed E-state index contributed by atoms with van der Waals surface area (Å²) in [6, 6.07) is 0. The molecule has 1 aromatic heterocycles. The normalized spacial score (nSPS) is 21.9. The Labute approximate surface area is 127 Å². The molecule has 0 bridgehead atoms. The predicted molar refractivity (Wildman–Crippen MR) is 82.1 cm³/mol. The summed E-state index contributed by atoms with van der Waals surface area (Å²) < 4.78 is 5.73. The van der Waals surface area contributed by atoms with Crippen LogP contribution in [0.5, 0.6) is 5.75 Å². The Bertz CT molecular complexity index is 522. The van der Waals surface area contributed by atoms with Crippen LogP contribution < -0.4 is 20.7 Å². The van der Waals surface area contributed by atoms with Crippen molar-refractivity contribution in [1.29, 1.82) is 0 Å². The lowest BCUT2D eigenvalue weighted by Crippen LogP contribution is -2.22. The van der Waals surface area contributed by atoms with Crippen molar-refractivity contribution in [2.45, 2.75) is 32.2 Å². The number of carbonyl (C=O) groups excluding carboxylic acids is 1. The molecule has 118 valence electrons. The summed E-state index contributed by atoms with van der Waals surface area (Å²) >= 11 is 1.20. The van der Waals surface area contributed by atoms with Gasteiger partial charge in [0.2, 0.25) is 0 Å². The highest BCUT2D eigenvalue weighted by molar-refractivity contribution is 7.19. The largest absolute Gasteiger partial charge is 0.486 e. The van der Waals surface area contributed by atoms with E-state index in [1.54, 1.807) is 4.90 Å². The number of aliphatic hydroxyl groups excluding tert-OH is 2. The van der Waals surface area contributed by atoms with Crippen molar-refractivity contribution in [2.24, 2.45) is 0 Å². The van der Waals surface area contributed by atoms with Gasteiger partial charge in [0.1, 0.15) is 15.6 Å². The van der Waals surface area contributed by atoms with Crippen LogP contribution in [-0.4, -0.2) is 54.6 Å². The predicted octanol–water partition coefficient (Wildman–Crippen LogP) is 0.0189. The average molecular weight is 315 g/mol. The Hall–Kier alpha value is -1.51. The molecule has 1 fully saturated rings. The van der Waals surface area contributed by atoms with Gasteiger partial charge in [0.05, 0.1) is 18.3 Å². The minimum absolute atomic E-state index is 0.101. The topological polar surface area (TPSA) is 108 Å². The molecule has 1 saturated heterocycles. The number of carbonyl (C=O) groups is 1. The van der Waals surface area contributed by atoms with Gasteiger partial charge in [-0.15, -0.1) is 11.3 Å². The van der Waals surface area contributed by atoms with Crippen molar-refractivity contribution in [1.82, 2.24) is 5.32 Å². The second kappa shape index (κ2) is 6.08. The number of hydrogen-bond acceptors (Lipinski definition) is 7. The maximum atomic E-state index is 11.9. The lowest BCUT2D eigenvalue weighted by atomic mass is 10.3. The van der Waals surface area contributed by atoms with Gasteiger partial charge in [-0.1, -0.05) is 0 Å². The van der Waals surface area contributed by atoms with Crippen LogP contribution >= 0.6 is 11.3 Å². The smallest absolute Gasteiger partial charge is 0.263 e. The molecule has 7 nitrogen and oxygen atoms in total. The van der Waals surface area contributed by atoms with Gasteiger partial charge >= 0.3 is 0 Å². The number of nitrogens with two attached hydrogens (primary N) is 1. The molecular weight excluding hydrogens is 294 g/mol. The molecule has 0 aliphatic carbocycles. The lowest BCUT2D eigenvalue weighted by Gasteiger charge is -2.19. The van der Waals surface area contributed by atoms with E-state index in [0.717, 1.165) is 0 Å². The Kier molecular flexibility index (Phi) is 4.60. The van der Waals surface area contributed by atoms with Crippen LogP contribution in [-0.2, 0) is 0 Å². The number of thiophene rings is 1. The molecule has 1 aliphatic heterocycles. The summed E-state index contributed by atoms with van der Waals surface area (Å²) in [5.74, 6) is 0.160. The highest BCUT2D eigenvalue weighted by Gasteiger charge is 2.34. The van der Waals surface area contributed by atoms with Crippen LogP contribution in [0.3, 0.4) is 0 Å². The van der Waals surface area contributed by atoms with Crippen LogP contribution in [0.25, 0.3) is 0 Å². The van der Waals surface area contributed by atoms with E-state index in [9.17, 15) is 15.0 Å². The van der Waals surface area contributed by atoms with E-state index in [4.69, 9.17) is 10.5 Å². The Balaban J connectivity index is 2.41. The number of nitrogen functional groups attached to an aromatic ring is 1. The maximum Gasteiger partial charge on any atom is 0.263 e. The van der Waals surface area contributed by atoms with Crippen LogP contribution in [0, 0.1) is 0 Å². The molecule has 8 heteroatoms. The zero-order valence-corrected chi connectivity index (χ0v) is 13.1. The van der Waals surface area contributed by atoms with Gasteiger partial charge in [0.15, 0.2) is 5.75 Å². The van der Waals surface area contributed by atoms with Crippen LogP contribution in [0.15, 0.2) is 0 Å². The Morgan fingerprint density at radius 1 is 1.43 bits per heavy atom. The fourth-order valence-electron chi connectivity index (χ4n) is 2.19. The second-order valence-corrected chi connectivity index (χ2v) is 6.26. The van der Waals surface area contributed by atoms with Crippen molar-refractivity contribution in [3.05, 3.63) is 4.88 Å². The van der Waals surface area contributed by atoms with Gasteiger partial charge in [0, 0.05) is 20.1 Å². The van der Waals surface area contributed by atoms with E-state index in [-0.39, 0.29) is 25.1 Å². The molecule has 2 atom stereocenters. The van der Waals surface area contributed by atoms with E-state index in [1.807, 2.05) is 13.8 Å². The van der Waals surface area contributed by atoms with Gasteiger partial charge in [-0.2, -0.15) is 0 Å². The highest BCUT2D eigenvalue weighted by Crippen LogP contribution is 2.46. The molecule has 21 heavy (non-hydrogen) atoms. The summed E-state index contributed by atoms with van der Waals surface area (Å²) in [4.78, 5) is 14.0. The molecule has 1 amide bonds. The molecule has 1 aromatic rings. The minimum atomic E-state index is -0.816. The molecule has 2 heterocycles. The number of β-amino-alcohol motifs (C(OH)–C–C–N with tert-alkyl or cyclic N) is 2. The molecule has 0 saturated carbocycles. The zero-order chi connectivity index (χ0) is 15.7. The lowest BCUT2D eigenvalue weighted by molar-refractivity contribution is 0.0572. The van der Waals surface area contributed by atoms with Gasteiger partial charge in [0.25, 0.3) is 5.91 Å². The Morgan fingerprint density at radius 3 is 2.48 bits per heavy atom. The fraction of sp³-hybridized carbons (Fsp3) is 0.615. The van der Waals surface area contributed by atoms with Gasteiger partial charge in [-0.3, -0.25) is 4.79 Å².